The van der Waals surface area contributed by atoms with Gasteiger partial charge in [0.05, 0.1) is 6.20 Å². The molecule has 1 fully saturated rings. The van der Waals surface area contributed by atoms with Crippen molar-refractivity contribution in [2.75, 3.05) is 24.5 Å². The molecule has 1 aliphatic rings. The number of piperazine rings is 1. The van der Waals surface area contributed by atoms with Crippen molar-refractivity contribution in [1.29, 1.82) is 0 Å². The van der Waals surface area contributed by atoms with Gasteiger partial charge in [-0.3, -0.25) is 4.98 Å². The summed E-state index contributed by atoms with van der Waals surface area (Å²) < 4.78 is 0. The minimum absolute atomic E-state index is 0.146. The molecule has 1 aliphatic heterocycles. The summed E-state index contributed by atoms with van der Waals surface area (Å²) in [5.41, 5.74) is 3.00. The van der Waals surface area contributed by atoms with Gasteiger partial charge in [-0.05, 0) is 29.7 Å². The Hall–Kier alpha value is -3.06. The standard InChI is InChI=1S/C21H24N6O/c1-14(2)19-13-27(9-8-23-19)21-24-12-18(25-26-21)17-6-5-15(10-20(17)28)16-4-3-7-22-11-16/h3-7,10-12,14,19,23,28H,8-9,13H2,1-2H3/t19-/m1/s1. The third-order valence-corrected chi connectivity index (χ3v) is 5.11. The Morgan fingerprint density at radius 1 is 1.14 bits per heavy atom. The number of phenolic OH excluding ortho intramolecular Hbond substituents is 1. The number of hydrogen-bond donors (Lipinski definition) is 2. The molecule has 2 aromatic heterocycles. The van der Waals surface area contributed by atoms with Gasteiger partial charge < -0.3 is 15.3 Å². The van der Waals surface area contributed by atoms with Crippen LogP contribution in [-0.2, 0) is 0 Å². The minimum Gasteiger partial charge on any atom is -0.507 e. The van der Waals surface area contributed by atoms with Gasteiger partial charge in [-0.1, -0.05) is 26.0 Å². The average Bonchev–Trinajstić information content (AvgIpc) is 2.74. The second-order valence-electron chi connectivity index (χ2n) is 7.37. The van der Waals surface area contributed by atoms with Crippen LogP contribution in [0.3, 0.4) is 0 Å². The molecular weight excluding hydrogens is 352 g/mol. The number of aromatic nitrogens is 4. The van der Waals surface area contributed by atoms with Crippen LogP contribution in [0.4, 0.5) is 5.95 Å². The summed E-state index contributed by atoms with van der Waals surface area (Å²) in [6.07, 6.45) is 5.17. The molecule has 0 amide bonds. The van der Waals surface area contributed by atoms with Crippen LogP contribution in [0.1, 0.15) is 13.8 Å². The highest BCUT2D eigenvalue weighted by atomic mass is 16.3. The maximum atomic E-state index is 10.5. The third-order valence-electron chi connectivity index (χ3n) is 5.11. The maximum Gasteiger partial charge on any atom is 0.245 e. The van der Waals surface area contributed by atoms with Gasteiger partial charge in [0.15, 0.2) is 0 Å². The fraction of sp³-hybridized carbons (Fsp3) is 0.333. The van der Waals surface area contributed by atoms with Crippen LogP contribution >= 0.6 is 0 Å². The Morgan fingerprint density at radius 3 is 2.71 bits per heavy atom. The molecule has 0 unspecified atom stereocenters. The van der Waals surface area contributed by atoms with Crippen molar-refractivity contribution in [3.63, 3.8) is 0 Å². The van der Waals surface area contributed by atoms with E-state index in [0.29, 0.717) is 29.2 Å². The van der Waals surface area contributed by atoms with Crippen molar-refractivity contribution in [2.45, 2.75) is 19.9 Å². The number of pyridine rings is 1. The van der Waals surface area contributed by atoms with E-state index in [0.717, 1.165) is 30.8 Å². The molecule has 28 heavy (non-hydrogen) atoms. The molecule has 0 radical (unpaired) electrons. The summed E-state index contributed by atoms with van der Waals surface area (Å²) in [7, 11) is 0. The topological polar surface area (TPSA) is 87.1 Å². The molecule has 1 atom stereocenters. The van der Waals surface area contributed by atoms with Crippen molar-refractivity contribution in [2.24, 2.45) is 5.92 Å². The third kappa shape index (κ3) is 3.80. The Kier molecular flexibility index (Phi) is 5.16. The van der Waals surface area contributed by atoms with Crippen molar-refractivity contribution in [3.05, 3.63) is 48.9 Å². The predicted octanol–water partition coefficient (Wildman–Crippen LogP) is 2.74. The lowest BCUT2D eigenvalue weighted by molar-refractivity contribution is 0.365. The van der Waals surface area contributed by atoms with Gasteiger partial charge in [0.1, 0.15) is 11.4 Å². The highest BCUT2D eigenvalue weighted by molar-refractivity contribution is 5.73. The van der Waals surface area contributed by atoms with Crippen molar-refractivity contribution < 1.29 is 5.11 Å². The zero-order valence-electron chi connectivity index (χ0n) is 16.1. The molecule has 1 aromatic carbocycles. The number of hydrogen-bond acceptors (Lipinski definition) is 7. The lowest BCUT2D eigenvalue weighted by Crippen LogP contribution is -2.53. The van der Waals surface area contributed by atoms with E-state index >= 15 is 0 Å². The number of phenols is 1. The van der Waals surface area contributed by atoms with Crippen LogP contribution in [0.5, 0.6) is 5.75 Å². The highest BCUT2D eigenvalue weighted by Gasteiger charge is 2.23. The van der Waals surface area contributed by atoms with Crippen LogP contribution in [0, 0.1) is 5.92 Å². The lowest BCUT2D eigenvalue weighted by Gasteiger charge is -2.35. The second-order valence-corrected chi connectivity index (χ2v) is 7.37. The Balaban J connectivity index is 1.54. The Morgan fingerprint density at radius 2 is 2.04 bits per heavy atom. The van der Waals surface area contributed by atoms with Crippen LogP contribution < -0.4 is 10.2 Å². The SMILES string of the molecule is CC(C)[C@H]1CN(c2ncc(-c3ccc(-c4cccnc4)cc3O)nn2)CCN1. The fourth-order valence-corrected chi connectivity index (χ4v) is 3.41. The molecule has 3 aromatic rings. The Bertz CT molecular complexity index is 929. The van der Waals surface area contributed by atoms with E-state index in [1.165, 1.54) is 0 Å². The maximum absolute atomic E-state index is 10.5. The van der Waals surface area contributed by atoms with E-state index in [9.17, 15) is 5.11 Å². The number of rotatable bonds is 4. The second kappa shape index (κ2) is 7.90. The molecule has 7 nitrogen and oxygen atoms in total. The molecule has 1 saturated heterocycles. The molecule has 0 bridgehead atoms. The summed E-state index contributed by atoms with van der Waals surface area (Å²) in [4.78, 5) is 10.8. The van der Waals surface area contributed by atoms with Crippen LogP contribution in [0.15, 0.2) is 48.9 Å². The summed E-state index contributed by atoms with van der Waals surface area (Å²) >= 11 is 0. The molecule has 4 rings (SSSR count). The zero-order valence-corrected chi connectivity index (χ0v) is 16.1. The molecule has 7 heteroatoms. The first-order valence-corrected chi connectivity index (χ1v) is 9.53. The summed E-state index contributed by atoms with van der Waals surface area (Å²) in [6, 6.07) is 9.73. The van der Waals surface area contributed by atoms with Gasteiger partial charge in [-0.15, -0.1) is 10.2 Å². The minimum atomic E-state index is 0.146. The average molecular weight is 376 g/mol. The first-order valence-electron chi connectivity index (χ1n) is 9.53. The normalized spacial score (nSPS) is 17.1. The van der Waals surface area contributed by atoms with Crippen molar-refractivity contribution in [1.82, 2.24) is 25.5 Å². The molecule has 0 spiro atoms. The van der Waals surface area contributed by atoms with Crippen LogP contribution in [0.25, 0.3) is 22.4 Å². The lowest BCUT2D eigenvalue weighted by atomic mass is 10.0. The van der Waals surface area contributed by atoms with E-state index in [1.54, 1.807) is 24.7 Å². The number of benzene rings is 1. The number of aromatic hydroxyl groups is 1. The monoisotopic (exact) mass is 376 g/mol. The van der Waals surface area contributed by atoms with Gasteiger partial charge in [0.25, 0.3) is 0 Å². The van der Waals surface area contributed by atoms with Gasteiger partial charge in [-0.25, -0.2) is 4.98 Å². The number of nitrogens with one attached hydrogen (secondary N) is 1. The van der Waals surface area contributed by atoms with E-state index in [-0.39, 0.29) is 5.75 Å². The quantitative estimate of drug-likeness (QED) is 0.724. The smallest absolute Gasteiger partial charge is 0.245 e. The van der Waals surface area contributed by atoms with E-state index in [2.05, 4.69) is 44.2 Å². The predicted molar refractivity (Wildman–Crippen MR) is 109 cm³/mol. The van der Waals surface area contributed by atoms with Crippen LogP contribution in [-0.4, -0.2) is 50.9 Å². The summed E-state index contributed by atoms with van der Waals surface area (Å²) in [5, 5.41) is 22.6. The van der Waals surface area contributed by atoms with Gasteiger partial charge in [0, 0.05) is 49.2 Å². The molecular formula is C21H24N6O. The van der Waals surface area contributed by atoms with Crippen molar-refractivity contribution in [3.8, 4) is 28.1 Å². The zero-order chi connectivity index (χ0) is 19.5. The largest absolute Gasteiger partial charge is 0.507 e. The van der Waals surface area contributed by atoms with E-state index in [1.807, 2.05) is 24.3 Å². The van der Waals surface area contributed by atoms with E-state index in [4.69, 9.17) is 0 Å². The molecule has 2 N–H and O–H groups in total. The number of nitrogens with zero attached hydrogens (tertiary/aromatic N) is 5. The fourth-order valence-electron chi connectivity index (χ4n) is 3.41. The summed E-state index contributed by atoms with van der Waals surface area (Å²) in [5.74, 6) is 1.32. The number of anilines is 1. The first kappa shape index (κ1) is 18.3. The molecule has 0 saturated carbocycles. The molecule has 3 heterocycles. The first-order chi connectivity index (χ1) is 13.6. The Labute approximate surface area is 164 Å². The molecule has 0 aliphatic carbocycles. The van der Waals surface area contributed by atoms with E-state index < -0.39 is 0 Å². The highest BCUT2D eigenvalue weighted by Crippen LogP contribution is 2.32. The van der Waals surface area contributed by atoms with Crippen molar-refractivity contribution >= 4 is 5.95 Å². The van der Waals surface area contributed by atoms with Gasteiger partial charge >= 0.3 is 0 Å². The summed E-state index contributed by atoms with van der Waals surface area (Å²) in [6.45, 7) is 7.05. The van der Waals surface area contributed by atoms with Gasteiger partial charge in [0.2, 0.25) is 5.95 Å². The molecule has 144 valence electrons. The van der Waals surface area contributed by atoms with Gasteiger partial charge in [-0.2, -0.15) is 0 Å². The van der Waals surface area contributed by atoms with Crippen LogP contribution in [0.2, 0.25) is 0 Å².